The Balaban J connectivity index is 3.70. The molecule has 0 aliphatic heterocycles. The number of hydrogen-bond acceptors (Lipinski definition) is 2. The van der Waals surface area contributed by atoms with Crippen LogP contribution in [-0.4, -0.2) is 29.7 Å². The van der Waals surface area contributed by atoms with E-state index in [9.17, 15) is 9.59 Å². The molecule has 5 nitrogen and oxygen atoms in total. The Morgan fingerprint density at radius 2 is 2.00 bits per heavy atom. The van der Waals surface area contributed by atoms with Crippen molar-refractivity contribution in [1.29, 1.82) is 0 Å². The van der Waals surface area contributed by atoms with E-state index < -0.39 is 5.97 Å². The number of amides is 2. The molecule has 0 saturated carbocycles. The Morgan fingerprint density at radius 3 is 2.50 bits per heavy atom. The molecule has 0 aliphatic carbocycles. The minimum atomic E-state index is -0.849. The topological polar surface area (TPSA) is 78.4 Å². The number of rotatable bonds is 6. The highest BCUT2D eigenvalue weighted by molar-refractivity contribution is 5.74. The SMILES string of the molecule is CC(C)=CCNC(=O)NC(C)CCC(=O)O. The molecule has 0 saturated heterocycles. The summed E-state index contributed by atoms with van der Waals surface area (Å²) in [6.45, 7) is 6.17. The maximum atomic E-state index is 11.3. The molecular weight excluding hydrogens is 208 g/mol. The van der Waals surface area contributed by atoms with E-state index >= 15 is 0 Å². The zero-order valence-corrected chi connectivity index (χ0v) is 10.0. The lowest BCUT2D eigenvalue weighted by molar-refractivity contribution is -0.137. The third kappa shape index (κ3) is 9.05. The van der Waals surface area contributed by atoms with E-state index in [4.69, 9.17) is 5.11 Å². The predicted octanol–water partition coefficient (Wildman–Crippen LogP) is 1.51. The van der Waals surface area contributed by atoms with Gasteiger partial charge >= 0.3 is 12.0 Å². The fourth-order valence-corrected chi connectivity index (χ4v) is 1.03. The second kappa shape index (κ2) is 7.73. The number of nitrogens with one attached hydrogen (secondary N) is 2. The lowest BCUT2D eigenvalue weighted by Gasteiger charge is -2.12. The summed E-state index contributed by atoms with van der Waals surface area (Å²) in [5.41, 5.74) is 1.14. The van der Waals surface area contributed by atoms with Crippen molar-refractivity contribution in [3.63, 3.8) is 0 Å². The van der Waals surface area contributed by atoms with Crippen molar-refractivity contribution in [2.45, 2.75) is 39.7 Å². The van der Waals surface area contributed by atoms with Crippen LogP contribution in [0.4, 0.5) is 4.79 Å². The van der Waals surface area contributed by atoms with Crippen molar-refractivity contribution in [3.8, 4) is 0 Å². The van der Waals surface area contributed by atoms with E-state index in [0.29, 0.717) is 13.0 Å². The monoisotopic (exact) mass is 228 g/mol. The minimum Gasteiger partial charge on any atom is -0.481 e. The molecule has 0 spiro atoms. The van der Waals surface area contributed by atoms with E-state index in [-0.39, 0.29) is 18.5 Å². The van der Waals surface area contributed by atoms with Gasteiger partial charge in [-0.05, 0) is 27.2 Å². The highest BCUT2D eigenvalue weighted by Crippen LogP contribution is 1.95. The van der Waals surface area contributed by atoms with Crippen LogP contribution in [-0.2, 0) is 4.79 Å². The fraction of sp³-hybridized carbons (Fsp3) is 0.636. The molecule has 92 valence electrons. The second-order valence-electron chi connectivity index (χ2n) is 3.97. The molecule has 0 aliphatic rings. The number of allylic oxidation sites excluding steroid dienone is 1. The lowest BCUT2D eigenvalue weighted by atomic mass is 10.2. The number of carbonyl (C=O) groups is 2. The normalized spacial score (nSPS) is 11.4. The zero-order valence-electron chi connectivity index (χ0n) is 10.0. The van der Waals surface area contributed by atoms with Crippen molar-refractivity contribution in [3.05, 3.63) is 11.6 Å². The smallest absolute Gasteiger partial charge is 0.315 e. The summed E-state index contributed by atoms with van der Waals surface area (Å²) in [4.78, 5) is 21.6. The van der Waals surface area contributed by atoms with Crippen molar-refractivity contribution < 1.29 is 14.7 Å². The van der Waals surface area contributed by atoms with Crippen LogP contribution in [0.3, 0.4) is 0 Å². The van der Waals surface area contributed by atoms with Gasteiger partial charge in [0.25, 0.3) is 0 Å². The van der Waals surface area contributed by atoms with Gasteiger partial charge in [-0.15, -0.1) is 0 Å². The second-order valence-corrected chi connectivity index (χ2v) is 3.97. The van der Waals surface area contributed by atoms with Crippen molar-refractivity contribution in [1.82, 2.24) is 10.6 Å². The van der Waals surface area contributed by atoms with Crippen LogP contribution >= 0.6 is 0 Å². The van der Waals surface area contributed by atoms with Gasteiger partial charge in [-0.1, -0.05) is 11.6 Å². The summed E-state index contributed by atoms with van der Waals surface area (Å²) in [5, 5.41) is 13.8. The average Bonchev–Trinajstić information content (AvgIpc) is 2.14. The van der Waals surface area contributed by atoms with Crippen LogP contribution in [0.15, 0.2) is 11.6 Å². The molecule has 2 amide bonds. The van der Waals surface area contributed by atoms with E-state index in [0.717, 1.165) is 5.57 Å². The predicted molar refractivity (Wildman–Crippen MR) is 62.3 cm³/mol. The largest absolute Gasteiger partial charge is 0.481 e. The maximum absolute atomic E-state index is 11.3. The molecule has 0 heterocycles. The Labute approximate surface area is 95.9 Å². The van der Waals surface area contributed by atoms with Crippen LogP contribution in [0.1, 0.15) is 33.6 Å². The summed E-state index contributed by atoms with van der Waals surface area (Å²) in [7, 11) is 0. The van der Waals surface area contributed by atoms with Gasteiger partial charge in [0, 0.05) is 19.0 Å². The molecule has 16 heavy (non-hydrogen) atoms. The Bertz CT molecular complexity index is 270. The first-order valence-electron chi connectivity index (χ1n) is 5.31. The van der Waals surface area contributed by atoms with Crippen molar-refractivity contribution >= 4 is 12.0 Å². The summed E-state index contributed by atoms with van der Waals surface area (Å²) in [6, 6.07) is -0.404. The quantitative estimate of drug-likeness (QED) is 0.603. The first kappa shape index (κ1) is 14.5. The number of carbonyl (C=O) groups excluding carboxylic acids is 1. The summed E-state index contributed by atoms with van der Waals surface area (Å²) < 4.78 is 0. The molecule has 0 aromatic rings. The standard InChI is InChI=1S/C11H20N2O3/c1-8(2)6-7-12-11(16)13-9(3)4-5-10(14)15/h6,9H,4-5,7H2,1-3H3,(H,14,15)(H2,12,13,16). The summed E-state index contributed by atoms with van der Waals surface area (Å²) in [5.74, 6) is -0.849. The summed E-state index contributed by atoms with van der Waals surface area (Å²) >= 11 is 0. The van der Waals surface area contributed by atoms with Gasteiger partial charge in [0.15, 0.2) is 0 Å². The van der Waals surface area contributed by atoms with Crippen LogP contribution in [0.25, 0.3) is 0 Å². The molecule has 5 heteroatoms. The zero-order chi connectivity index (χ0) is 12.6. The molecule has 0 radical (unpaired) electrons. The number of carboxylic acids is 1. The number of urea groups is 1. The Morgan fingerprint density at radius 1 is 1.38 bits per heavy atom. The van der Waals surface area contributed by atoms with E-state index in [1.54, 1.807) is 6.92 Å². The molecule has 1 atom stereocenters. The summed E-state index contributed by atoms with van der Waals surface area (Å²) in [6.07, 6.45) is 2.41. The third-order valence-electron chi connectivity index (χ3n) is 1.94. The molecule has 0 fully saturated rings. The Hall–Kier alpha value is -1.52. The van der Waals surface area contributed by atoms with Gasteiger partial charge < -0.3 is 15.7 Å². The molecule has 0 aromatic carbocycles. The van der Waals surface area contributed by atoms with Gasteiger partial charge in [0.05, 0.1) is 0 Å². The number of carboxylic acid groups (broad SMARTS) is 1. The van der Waals surface area contributed by atoms with E-state index in [1.807, 2.05) is 19.9 Å². The minimum absolute atomic E-state index is 0.0649. The highest BCUT2D eigenvalue weighted by Gasteiger charge is 2.07. The molecule has 0 aromatic heterocycles. The fourth-order valence-electron chi connectivity index (χ4n) is 1.03. The first-order valence-corrected chi connectivity index (χ1v) is 5.31. The van der Waals surface area contributed by atoms with Crippen LogP contribution in [0.5, 0.6) is 0 Å². The van der Waals surface area contributed by atoms with Gasteiger partial charge in [0.1, 0.15) is 0 Å². The lowest BCUT2D eigenvalue weighted by Crippen LogP contribution is -2.41. The number of aliphatic carboxylic acids is 1. The van der Waals surface area contributed by atoms with Gasteiger partial charge in [-0.2, -0.15) is 0 Å². The van der Waals surface area contributed by atoms with Crippen molar-refractivity contribution in [2.24, 2.45) is 0 Å². The molecule has 3 N–H and O–H groups in total. The van der Waals surface area contributed by atoms with Gasteiger partial charge in [0.2, 0.25) is 0 Å². The first-order chi connectivity index (χ1) is 7.41. The third-order valence-corrected chi connectivity index (χ3v) is 1.94. The van der Waals surface area contributed by atoms with E-state index in [1.165, 1.54) is 0 Å². The highest BCUT2D eigenvalue weighted by atomic mass is 16.4. The number of hydrogen-bond donors (Lipinski definition) is 3. The molecule has 1 unspecified atom stereocenters. The Kier molecular flexibility index (Phi) is 7.00. The maximum Gasteiger partial charge on any atom is 0.315 e. The van der Waals surface area contributed by atoms with Gasteiger partial charge in [-0.3, -0.25) is 4.79 Å². The molecular formula is C11H20N2O3. The van der Waals surface area contributed by atoms with Crippen LogP contribution in [0.2, 0.25) is 0 Å². The van der Waals surface area contributed by atoms with Gasteiger partial charge in [-0.25, -0.2) is 4.79 Å². The van der Waals surface area contributed by atoms with Crippen LogP contribution in [0, 0.1) is 0 Å². The van der Waals surface area contributed by atoms with E-state index in [2.05, 4.69) is 10.6 Å². The average molecular weight is 228 g/mol. The van der Waals surface area contributed by atoms with Crippen LogP contribution < -0.4 is 10.6 Å². The van der Waals surface area contributed by atoms with Crippen molar-refractivity contribution in [2.75, 3.05) is 6.54 Å². The molecule has 0 rings (SSSR count). The molecule has 0 bridgehead atoms.